The molecular weight excluding hydrogens is 256 g/mol. The topological polar surface area (TPSA) is 69.6 Å². The fourth-order valence-corrected chi connectivity index (χ4v) is 3.56. The van der Waals surface area contributed by atoms with Crippen LogP contribution in [0.15, 0.2) is 0 Å². The Labute approximate surface area is 120 Å². The highest BCUT2D eigenvalue weighted by molar-refractivity contribution is 5.83. The monoisotopic (exact) mass is 282 g/mol. The molecule has 0 radical (unpaired) electrons. The first-order valence-electron chi connectivity index (χ1n) is 7.80. The van der Waals surface area contributed by atoms with E-state index >= 15 is 0 Å². The van der Waals surface area contributed by atoms with Gasteiger partial charge in [0.2, 0.25) is 0 Å². The van der Waals surface area contributed by atoms with Gasteiger partial charge in [0.05, 0.1) is 0 Å². The molecule has 4 unspecified atom stereocenters. The molecule has 0 aromatic carbocycles. The lowest BCUT2D eigenvalue weighted by Gasteiger charge is -2.39. The van der Waals surface area contributed by atoms with Gasteiger partial charge in [-0.05, 0) is 37.5 Å². The fourth-order valence-electron chi connectivity index (χ4n) is 3.56. The van der Waals surface area contributed by atoms with E-state index in [4.69, 9.17) is 0 Å². The largest absolute Gasteiger partial charge is 0.480 e. The Morgan fingerprint density at radius 1 is 1.05 bits per heavy atom. The maximum atomic E-state index is 12.4. The molecule has 1 aliphatic heterocycles. The van der Waals surface area contributed by atoms with Gasteiger partial charge in [-0.25, -0.2) is 9.59 Å². The molecule has 4 atom stereocenters. The summed E-state index contributed by atoms with van der Waals surface area (Å²) in [6.45, 7) is 4.63. The van der Waals surface area contributed by atoms with E-state index in [1.54, 1.807) is 0 Å². The van der Waals surface area contributed by atoms with E-state index in [2.05, 4.69) is 12.2 Å². The number of carbonyl (C=O) groups is 2. The molecule has 2 fully saturated rings. The number of carboxylic acids is 1. The molecule has 114 valence electrons. The van der Waals surface area contributed by atoms with Crippen molar-refractivity contribution in [1.29, 1.82) is 0 Å². The Morgan fingerprint density at radius 3 is 2.35 bits per heavy atom. The molecule has 20 heavy (non-hydrogen) atoms. The molecular formula is C15H26N2O3. The third-order valence-electron chi connectivity index (χ3n) is 4.87. The van der Waals surface area contributed by atoms with E-state index in [0.29, 0.717) is 12.5 Å². The van der Waals surface area contributed by atoms with Crippen LogP contribution in [0.25, 0.3) is 0 Å². The van der Waals surface area contributed by atoms with Crippen LogP contribution in [-0.4, -0.2) is 40.6 Å². The first kappa shape index (κ1) is 15.1. The van der Waals surface area contributed by atoms with Crippen LogP contribution in [0, 0.1) is 11.8 Å². The summed E-state index contributed by atoms with van der Waals surface area (Å²) >= 11 is 0. The molecule has 2 N–H and O–H groups in total. The van der Waals surface area contributed by atoms with Gasteiger partial charge in [-0.15, -0.1) is 0 Å². The summed E-state index contributed by atoms with van der Waals surface area (Å²) in [7, 11) is 0. The third-order valence-corrected chi connectivity index (χ3v) is 4.87. The smallest absolute Gasteiger partial charge is 0.326 e. The van der Waals surface area contributed by atoms with Crippen molar-refractivity contribution in [3.63, 3.8) is 0 Å². The zero-order chi connectivity index (χ0) is 14.7. The molecule has 5 nitrogen and oxygen atoms in total. The lowest BCUT2D eigenvalue weighted by molar-refractivity contribution is -0.145. The van der Waals surface area contributed by atoms with E-state index in [1.165, 1.54) is 11.3 Å². The van der Waals surface area contributed by atoms with Crippen molar-refractivity contribution in [2.45, 2.75) is 64.5 Å². The summed E-state index contributed by atoms with van der Waals surface area (Å²) in [6, 6.07) is -0.673. The summed E-state index contributed by atoms with van der Waals surface area (Å²) in [6.07, 6.45) is 6.29. The molecule has 2 rings (SSSR count). The highest BCUT2D eigenvalue weighted by atomic mass is 16.4. The summed E-state index contributed by atoms with van der Waals surface area (Å²) in [5.41, 5.74) is 0. The number of carboxylic acid groups (broad SMARTS) is 1. The highest BCUT2D eigenvalue weighted by Crippen LogP contribution is 2.26. The molecule has 1 aliphatic carbocycles. The van der Waals surface area contributed by atoms with Crippen LogP contribution < -0.4 is 5.32 Å². The number of carbonyl (C=O) groups excluding carboxylic acids is 1. The van der Waals surface area contributed by atoms with Gasteiger partial charge >= 0.3 is 12.0 Å². The SMILES string of the molecule is CC1CCCCC1NC(=O)N1CCCC(C)C1C(=O)O. The number of amides is 2. The predicted molar refractivity (Wildman–Crippen MR) is 76.5 cm³/mol. The van der Waals surface area contributed by atoms with Gasteiger partial charge in [0.25, 0.3) is 0 Å². The van der Waals surface area contributed by atoms with Gasteiger partial charge in [0.1, 0.15) is 6.04 Å². The molecule has 1 saturated heterocycles. The normalized spacial score (nSPS) is 34.6. The van der Waals surface area contributed by atoms with Gasteiger partial charge in [-0.1, -0.05) is 26.7 Å². The first-order valence-corrected chi connectivity index (χ1v) is 7.80. The zero-order valence-corrected chi connectivity index (χ0v) is 12.5. The second kappa shape index (κ2) is 6.46. The molecule has 5 heteroatoms. The number of nitrogens with zero attached hydrogens (tertiary/aromatic N) is 1. The molecule has 2 aliphatic rings. The minimum Gasteiger partial charge on any atom is -0.480 e. The van der Waals surface area contributed by atoms with Crippen LogP contribution in [0.3, 0.4) is 0 Å². The minimum absolute atomic E-state index is 0.0239. The first-order chi connectivity index (χ1) is 9.50. The van der Waals surface area contributed by atoms with E-state index < -0.39 is 12.0 Å². The van der Waals surface area contributed by atoms with Crippen LogP contribution in [-0.2, 0) is 4.79 Å². The number of likely N-dealkylation sites (tertiary alicyclic amines) is 1. The van der Waals surface area contributed by atoms with Gasteiger partial charge in [0, 0.05) is 12.6 Å². The lowest BCUT2D eigenvalue weighted by Crippen LogP contribution is -2.57. The number of hydrogen-bond acceptors (Lipinski definition) is 2. The van der Waals surface area contributed by atoms with E-state index in [-0.39, 0.29) is 18.0 Å². The second-order valence-electron chi connectivity index (χ2n) is 6.41. The summed E-state index contributed by atoms with van der Waals surface area (Å²) in [5, 5.41) is 12.4. The Bertz CT molecular complexity index is 372. The van der Waals surface area contributed by atoms with Crippen molar-refractivity contribution >= 4 is 12.0 Å². The molecule has 1 saturated carbocycles. The highest BCUT2D eigenvalue weighted by Gasteiger charge is 2.38. The lowest BCUT2D eigenvalue weighted by atomic mass is 9.86. The fraction of sp³-hybridized carbons (Fsp3) is 0.867. The Hall–Kier alpha value is -1.26. The number of hydrogen-bond donors (Lipinski definition) is 2. The molecule has 2 amide bonds. The zero-order valence-electron chi connectivity index (χ0n) is 12.5. The van der Waals surface area contributed by atoms with Crippen LogP contribution in [0.5, 0.6) is 0 Å². The van der Waals surface area contributed by atoms with Crippen molar-refractivity contribution < 1.29 is 14.7 Å². The second-order valence-corrected chi connectivity index (χ2v) is 6.41. The number of nitrogens with one attached hydrogen (secondary N) is 1. The standard InChI is InChI=1S/C15H26N2O3/c1-10-6-3-4-8-12(10)16-15(20)17-9-5-7-11(2)13(17)14(18)19/h10-13H,3-9H2,1-2H3,(H,16,20)(H,18,19). The number of rotatable bonds is 2. The number of aliphatic carboxylic acids is 1. The Kier molecular flexibility index (Phi) is 4.89. The van der Waals surface area contributed by atoms with Crippen LogP contribution in [0.4, 0.5) is 4.79 Å². The molecule has 0 spiro atoms. The van der Waals surface area contributed by atoms with Crippen molar-refractivity contribution in [2.24, 2.45) is 11.8 Å². The maximum Gasteiger partial charge on any atom is 0.326 e. The quantitative estimate of drug-likeness (QED) is 0.817. The maximum absolute atomic E-state index is 12.4. The molecule has 1 heterocycles. The van der Waals surface area contributed by atoms with Crippen LogP contribution >= 0.6 is 0 Å². The van der Waals surface area contributed by atoms with Crippen molar-refractivity contribution in [3.05, 3.63) is 0 Å². The third kappa shape index (κ3) is 3.25. The summed E-state index contributed by atoms with van der Waals surface area (Å²) in [5.74, 6) is -0.377. The molecule has 0 aromatic heterocycles. The Morgan fingerprint density at radius 2 is 1.70 bits per heavy atom. The summed E-state index contributed by atoms with van der Waals surface area (Å²) < 4.78 is 0. The van der Waals surface area contributed by atoms with E-state index in [0.717, 1.165) is 32.1 Å². The van der Waals surface area contributed by atoms with Crippen LogP contribution in [0.1, 0.15) is 52.4 Å². The summed E-state index contributed by atoms with van der Waals surface area (Å²) in [4.78, 5) is 25.4. The molecule has 0 bridgehead atoms. The van der Waals surface area contributed by atoms with E-state index in [9.17, 15) is 14.7 Å². The van der Waals surface area contributed by atoms with Crippen molar-refractivity contribution in [2.75, 3.05) is 6.54 Å². The predicted octanol–water partition coefficient (Wildman–Crippen LogP) is 2.46. The Balaban J connectivity index is 2.00. The van der Waals surface area contributed by atoms with Crippen LogP contribution in [0.2, 0.25) is 0 Å². The van der Waals surface area contributed by atoms with Gasteiger partial charge in [0.15, 0.2) is 0 Å². The van der Waals surface area contributed by atoms with Crippen molar-refractivity contribution in [3.8, 4) is 0 Å². The average Bonchev–Trinajstić information content (AvgIpc) is 2.40. The van der Waals surface area contributed by atoms with Gasteiger partial charge < -0.3 is 15.3 Å². The number of piperidine rings is 1. The average molecular weight is 282 g/mol. The molecule has 0 aromatic rings. The minimum atomic E-state index is -0.885. The van der Waals surface area contributed by atoms with Gasteiger partial charge in [-0.2, -0.15) is 0 Å². The van der Waals surface area contributed by atoms with Gasteiger partial charge in [-0.3, -0.25) is 0 Å². The van der Waals surface area contributed by atoms with E-state index in [1.807, 2.05) is 6.92 Å². The number of urea groups is 1. The van der Waals surface area contributed by atoms with Crippen molar-refractivity contribution in [1.82, 2.24) is 10.2 Å².